The molecular weight excluding hydrogens is 259 g/mol. The first-order chi connectivity index (χ1) is 9.60. The van der Waals surface area contributed by atoms with Gasteiger partial charge in [0.05, 0.1) is 0 Å². The van der Waals surface area contributed by atoms with Crippen molar-refractivity contribution >= 4 is 11.7 Å². The highest BCUT2D eigenvalue weighted by atomic mass is 19.1. The molecule has 1 aromatic heterocycles. The summed E-state index contributed by atoms with van der Waals surface area (Å²) < 4.78 is 13.1. The van der Waals surface area contributed by atoms with Crippen LogP contribution in [0.25, 0.3) is 0 Å². The molecule has 0 radical (unpaired) electrons. The molecule has 1 amide bonds. The van der Waals surface area contributed by atoms with Gasteiger partial charge in [0.15, 0.2) is 5.69 Å². The number of hydrogen-bond donors (Lipinski definition) is 1. The number of nitrogens with one attached hydrogen (secondary N) is 1. The lowest BCUT2D eigenvalue weighted by molar-refractivity contribution is 0.0778. The Balaban J connectivity index is 2.07. The van der Waals surface area contributed by atoms with E-state index in [1.807, 2.05) is 0 Å². The Morgan fingerprint density at radius 1 is 1.30 bits per heavy atom. The molecule has 0 aliphatic heterocycles. The first-order valence-corrected chi connectivity index (χ1v) is 6.11. The number of hydrogen-bond acceptors (Lipinski definition) is 4. The van der Waals surface area contributed by atoms with Crippen LogP contribution in [0.5, 0.6) is 0 Å². The maximum absolute atomic E-state index is 13.1. The summed E-state index contributed by atoms with van der Waals surface area (Å²) in [6, 6.07) is 9.43. The zero-order chi connectivity index (χ0) is 14.5. The third kappa shape index (κ3) is 3.28. The number of carbonyl (C=O) groups is 1. The van der Waals surface area contributed by atoms with E-state index in [-0.39, 0.29) is 17.4 Å². The van der Waals surface area contributed by atoms with Gasteiger partial charge in [-0.1, -0.05) is 12.1 Å². The quantitative estimate of drug-likeness (QED) is 0.925. The lowest BCUT2D eigenvalue weighted by atomic mass is 10.2. The summed E-state index contributed by atoms with van der Waals surface area (Å²) in [7, 11) is 3.36. The number of aromatic nitrogens is 2. The SMILES string of the molecule is CNc1ccc(C(=O)N(C)Cc2cccc(F)c2)nn1. The number of carbonyl (C=O) groups excluding carboxylic acids is 1. The minimum Gasteiger partial charge on any atom is -0.372 e. The van der Waals surface area contributed by atoms with E-state index in [0.29, 0.717) is 12.4 Å². The molecule has 0 saturated heterocycles. The van der Waals surface area contributed by atoms with E-state index in [4.69, 9.17) is 0 Å². The van der Waals surface area contributed by atoms with Gasteiger partial charge in [-0.2, -0.15) is 0 Å². The fraction of sp³-hybridized carbons (Fsp3) is 0.214. The molecule has 1 heterocycles. The van der Waals surface area contributed by atoms with Crippen LogP contribution in [0.1, 0.15) is 16.1 Å². The topological polar surface area (TPSA) is 58.1 Å². The Bertz CT molecular complexity index is 600. The number of rotatable bonds is 4. The fourth-order valence-electron chi connectivity index (χ4n) is 1.76. The second kappa shape index (κ2) is 6.10. The summed E-state index contributed by atoms with van der Waals surface area (Å²) in [5.41, 5.74) is 0.976. The molecule has 6 heteroatoms. The molecule has 0 aliphatic carbocycles. The molecule has 0 fully saturated rings. The van der Waals surface area contributed by atoms with Crippen LogP contribution in [0.4, 0.5) is 10.2 Å². The Labute approximate surface area is 116 Å². The van der Waals surface area contributed by atoms with Crippen molar-refractivity contribution in [2.75, 3.05) is 19.4 Å². The predicted molar refractivity (Wildman–Crippen MR) is 73.8 cm³/mol. The number of halogens is 1. The lowest BCUT2D eigenvalue weighted by Gasteiger charge is -2.16. The molecule has 0 aliphatic rings. The molecular formula is C14H15FN4O. The minimum atomic E-state index is -0.318. The molecule has 2 rings (SSSR count). The summed E-state index contributed by atoms with van der Waals surface area (Å²) in [6.07, 6.45) is 0. The van der Waals surface area contributed by atoms with E-state index < -0.39 is 0 Å². The third-order valence-corrected chi connectivity index (χ3v) is 2.80. The molecule has 1 aromatic carbocycles. The molecule has 20 heavy (non-hydrogen) atoms. The number of anilines is 1. The van der Waals surface area contributed by atoms with Gasteiger partial charge in [0, 0.05) is 20.6 Å². The monoisotopic (exact) mass is 274 g/mol. The van der Waals surface area contributed by atoms with Crippen molar-refractivity contribution in [2.45, 2.75) is 6.54 Å². The Morgan fingerprint density at radius 3 is 2.70 bits per heavy atom. The summed E-state index contributed by atoms with van der Waals surface area (Å²) in [5, 5.41) is 10.5. The van der Waals surface area contributed by atoms with Crippen molar-refractivity contribution in [2.24, 2.45) is 0 Å². The van der Waals surface area contributed by atoms with E-state index in [0.717, 1.165) is 5.56 Å². The van der Waals surface area contributed by atoms with Gasteiger partial charge in [0.1, 0.15) is 11.6 Å². The molecule has 0 saturated carbocycles. The molecule has 0 atom stereocenters. The van der Waals surface area contributed by atoms with Crippen LogP contribution in [-0.4, -0.2) is 35.1 Å². The predicted octanol–water partition coefficient (Wildman–Crippen LogP) is 1.93. The van der Waals surface area contributed by atoms with Gasteiger partial charge >= 0.3 is 0 Å². The number of nitrogens with zero attached hydrogens (tertiary/aromatic N) is 3. The Morgan fingerprint density at radius 2 is 2.10 bits per heavy atom. The maximum Gasteiger partial charge on any atom is 0.274 e. The van der Waals surface area contributed by atoms with Crippen LogP contribution in [-0.2, 0) is 6.54 Å². The zero-order valence-corrected chi connectivity index (χ0v) is 11.3. The van der Waals surface area contributed by atoms with Crippen LogP contribution in [0.3, 0.4) is 0 Å². The van der Waals surface area contributed by atoms with Gasteiger partial charge in [-0.05, 0) is 29.8 Å². The van der Waals surface area contributed by atoms with E-state index in [1.165, 1.54) is 17.0 Å². The molecule has 0 spiro atoms. The first-order valence-electron chi connectivity index (χ1n) is 6.11. The van der Waals surface area contributed by atoms with Crippen molar-refractivity contribution in [1.82, 2.24) is 15.1 Å². The average Bonchev–Trinajstić information content (AvgIpc) is 2.46. The number of benzene rings is 1. The summed E-state index contributed by atoms with van der Waals surface area (Å²) in [6.45, 7) is 0.312. The Kier molecular flexibility index (Phi) is 4.24. The van der Waals surface area contributed by atoms with Crippen molar-refractivity contribution in [3.63, 3.8) is 0 Å². The van der Waals surface area contributed by atoms with Gasteiger partial charge in [-0.3, -0.25) is 4.79 Å². The van der Waals surface area contributed by atoms with Gasteiger partial charge < -0.3 is 10.2 Å². The fourth-order valence-corrected chi connectivity index (χ4v) is 1.76. The number of amides is 1. The normalized spacial score (nSPS) is 10.2. The molecule has 0 bridgehead atoms. The van der Waals surface area contributed by atoms with E-state index in [2.05, 4.69) is 15.5 Å². The second-order valence-electron chi connectivity index (χ2n) is 4.34. The average molecular weight is 274 g/mol. The largest absolute Gasteiger partial charge is 0.372 e. The van der Waals surface area contributed by atoms with Crippen LogP contribution in [0, 0.1) is 5.82 Å². The first kappa shape index (κ1) is 13.9. The standard InChI is InChI=1S/C14H15FN4O/c1-16-13-7-6-12(17-18-13)14(20)19(2)9-10-4-3-5-11(15)8-10/h3-8H,9H2,1-2H3,(H,16,18). The minimum absolute atomic E-state index is 0.253. The van der Waals surface area contributed by atoms with Gasteiger partial charge in [-0.15, -0.1) is 10.2 Å². The van der Waals surface area contributed by atoms with Crippen molar-refractivity contribution in [1.29, 1.82) is 0 Å². The highest BCUT2D eigenvalue weighted by Crippen LogP contribution is 2.09. The highest BCUT2D eigenvalue weighted by molar-refractivity contribution is 5.92. The van der Waals surface area contributed by atoms with Crippen molar-refractivity contribution < 1.29 is 9.18 Å². The van der Waals surface area contributed by atoms with Crippen LogP contribution < -0.4 is 5.32 Å². The van der Waals surface area contributed by atoms with E-state index >= 15 is 0 Å². The molecule has 1 N–H and O–H groups in total. The second-order valence-corrected chi connectivity index (χ2v) is 4.34. The van der Waals surface area contributed by atoms with E-state index in [9.17, 15) is 9.18 Å². The van der Waals surface area contributed by atoms with Gasteiger partial charge in [0.25, 0.3) is 5.91 Å². The molecule has 0 unspecified atom stereocenters. The Hall–Kier alpha value is -2.50. The van der Waals surface area contributed by atoms with Gasteiger partial charge in [-0.25, -0.2) is 4.39 Å². The summed E-state index contributed by atoms with van der Waals surface area (Å²) >= 11 is 0. The van der Waals surface area contributed by atoms with Crippen molar-refractivity contribution in [3.8, 4) is 0 Å². The third-order valence-electron chi connectivity index (χ3n) is 2.80. The highest BCUT2D eigenvalue weighted by Gasteiger charge is 2.14. The molecule has 5 nitrogen and oxygen atoms in total. The van der Waals surface area contributed by atoms with Crippen LogP contribution >= 0.6 is 0 Å². The van der Waals surface area contributed by atoms with E-state index in [1.54, 1.807) is 38.4 Å². The maximum atomic E-state index is 13.1. The van der Waals surface area contributed by atoms with Gasteiger partial charge in [0.2, 0.25) is 0 Å². The smallest absolute Gasteiger partial charge is 0.274 e. The van der Waals surface area contributed by atoms with Crippen molar-refractivity contribution in [3.05, 3.63) is 53.5 Å². The molecule has 2 aromatic rings. The summed E-state index contributed by atoms with van der Waals surface area (Å²) in [5.74, 6) is 0.0141. The zero-order valence-electron chi connectivity index (χ0n) is 11.3. The summed E-state index contributed by atoms with van der Waals surface area (Å²) in [4.78, 5) is 13.6. The lowest BCUT2D eigenvalue weighted by Crippen LogP contribution is -2.27. The van der Waals surface area contributed by atoms with Crippen LogP contribution in [0.15, 0.2) is 36.4 Å². The van der Waals surface area contributed by atoms with Crippen LogP contribution in [0.2, 0.25) is 0 Å². The molecule has 104 valence electrons.